The van der Waals surface area contributed by atoms with E-state index in [-0.39, 0.29) is 36.7 Å². The number of alkyl carbamates (subject to hydrolysis) is 1. The Morgan fingerprint density at radius 3 is 1.76 bits per heavy atom. The fraction of sp³-hybridized carbons (Fsp3) is 0.682. The highest BCUT2D eigenvalue weighted by Gasteiger charge is 2.24. The van der Waals surface area contributed by atoms with Crippen molar-refractivity contribution in [3.05, 3.63) is 24.3 Å². The quantitative estimate of drug-likeness (QED) is 0.568. The molecule has 3 N–H and O–H groups in total. The van der Waals surface area contributed by atoms with Crippen molar-refractivity contribution in [1.82, 2.24) is 16.0 Å². The topological polar surface area (TPSA) is 96.5 Å². The third-order valence-electron chi connectivity index (χ3n) is 5.05. The fourth-order valence-corrected chi connectivity index (χ4v) is 3.45. The van der Waals surface area contributed by atoms with E-state index in [2.05, 4.69) is 28.1 Å². The second-order valence-corrected chi connectivity index (χ2v) is 8.80. The summed E-state index contributed by atoms with van der Waals surface area (Å²) in [6.07, 6.45) is 12.6. The molecule has 0 bridgehead atoms. The molecule has 162 valence electrons. The van der Waals surface area contributed by atoms with Crippen LogP contribution in [-0.2, 0) is 14.3 Å². The van der Waals surface area contributed by atoms with E-state index in [1.165, 1.54) is 0 Å². The lowest BCUT2D eigenvalue weighted by Gasteiger charge is -2.26. The Kier molecular flexibility index (Phi) is 8.73. The molecule has 0 saturated carbocycles. The van der Waals surface area contributed by atoms with E-state index in [0.717, 1.165) is 38.5 Å². The zero-order chi connectivity index (χ0) is 21.3. The van der Waals surface area contributed by atoms with Gasteiger partial charge < -0.3 is 20.7 Å². The molecule has 2 aliphatic carbocycles. The Morgan fingerprint density at radius 2 is 1.38 bits per heavy atom. The highest BCUT2D eigenvalue weighted by Crippen LogP contribution is 2.19. The molecule has 3 amide bonds. The van der Waals surface area contributed by atoms with Crippen molar-refractivity contribution in [3.8, 4) is 0 Å². The summed E-state index contributed by atoms with van der Waals surface area (Å²) >= 11 is 0. The molecule has 0 aromatic carbocycles. The molecule has 0 radical (unpaired) electrons. The number of nitrogens with one attached hydrogen (secondary N) is 3. The van der Waals surface area contributed by atoms with Crippen molar-refractivity contribution >= 4 is 17.9 Å². The summed E-state index contributed by atoms with van der Waals surface area (Å²) in [7, 11) is 0. The number of hydrogen-bond donors (Lipinski definition) is 3. The summed E-state index contributed by atoms with van der Waals surface area (Å²) < 4.78 is 5.32. The first-order chi connectivity index (χ1) is 13.7. The van der Waals surface area contributed by atoms with Gasteiger partial charge in [-0.15, -0.1) is 0 Å². The van der Waals surface area contributed by atoms with Crippen LogP contribution in [0.3, 0.4) is 0 Å². The average molecular weight is 406 g/mol. The molecular formula is C22H35N3O4. The molecule has 2 atom stereocenters. The zero-order valence-corrected chi connectivity index (χ0v) is 17.8. The van der Waals surface area contributed by atoms with Gasteiger partial charge in [-0.2, -0.15) is 0 Å². The van der Waals surface area contributed by atoms with Gasteiger partial charge in [-0.3, -0.25) is 9.59 Å². The first kappa shape index (κ1) is 23.0. The maximum atomic E-state index is 12.4. The Hall–Kier alpha value is -2.31. The van der Waals surface area contributed by atoms with Gasteiger partial charge in [0.1, 0.15) is 5.60 Å². The van der Waals surface area contributed by atoms with E-state index in [4.69, 9.17) is 4.74 Å². The molecule has 0 fully saturated rings. The van der Waals surface area contributed by atoms with Gasteiger partial charge in [-0.05, 0) is 59.3 Å². The Labute approximate surface area is 173 Å². The van der Waals surface area contributed by atoms with Crippen molar-refractivity contribution < 1.29 is 19.1 Å². The summed E-state index contributed by atoms with van der Waals surface area (Å²) in [4.78, 5) is 37.0. The van der Waals surface area contributed by atoms with Crippen molar-refractivity contribution in [2.75, 3.05) is 13.1 Å². The second kappa shape index (κ2) is 11.0. The van der Waals surface area contributed by atoms with Crippen LogP contribution in [0.5, 0.6) is 0 Å². The summed E-state index contributed by atoms with van der Waals surface area (Å²) in [5.74, 6) is -0.111. The molecule has 0 aromatic heterocycles. The van der Waals surface area contributed by atoms with Gasteiger partial charge in [0.2, 0.25) is 11.8 Å². The van der Waals surface area contributed by atoms with Crippen LogP contribution in [-0.4, -0.2) is 42.6 Å². The highest BCUT2D eigenvalue weighted by atomic mass is 16.6. The normalized spacial score (nSPS) is 22.4. The highest BCUT2D eigenvalue weighted by molar-refractivity contribution is 5.80. The number of hydrogen-bond acceptors (Lipinski definition) is 4. The SMILES string of the molecule is CC(C)(C)OC(=O)NC(CNC(=O)C1CC=CCC1)CNC(=O)C1CC=CCC1. The monoisotopic (exact) mass is 405 g/mol. The van der Waals surface area contributed by atoms with Gasteiger partial charge in [0.25, 0.3) is 0 Å². The van der Waals surface area contributed by atoms with Crippen LogP contribution in [0.2, 0.25) is 0 Å². The third kappa shape index (κ3) is 8.71. The van der Waals surface area contributed by atoms with Crippen molar-refractivity contribution in [3.63, 3.8) is 0 Å². The molecule has 29 heavy (non-hydrogen) atoms. The molecule has 0 aromatic rings. The fourth-order valence-electron chi connectivity index (χ4n) is 3.45. The first-order valence-electron chi connectivity index (χ1n) is 10.6. The van der Waals surface area contributed by atoms with Gasteiger partial charge in [0.05, 0.1) is 6.04 Å². The van der Waals surface area contributed by atoms with E-state index in [0.29, 0.717) is 0 Å². The summed E-state index contributed by atoms with van der Waals surface area (Å²) in [5, 5.41) is 8.61. The van der Waals surface area contributed by atoms with Crippen LogP contribution < -0.4 is 16.0 Å². The van der Waals surface area contributed by atoms with E-state index < -0.39 is 17.7 Å². The number of rotatable bonds is 7. The van der Waals surface area contributed by atoms with Gasteiger partial charge in [0, 0.05) is 24.9 Å². The van der Waals surface area contributed by atoms with Crippen LogP contribution in [0.15, 0.2) is 24.3 Å². The molecule has 0 aliphatic heterocycles. The number of amides is 3. The van der Waals surface area contributed by atoms with Crippen LogP contribution in [0, 0.1) is 11.8 Å². The number of carbonyl (C=O) groups is 3. The lowest BCUT2D eigenvalue weighted by molar-refractivity contribution is -0.125. The van der Waals surface area contributed by atoms with Crippen molar-refractivity contribution in [2.45, 2.75) is 70.9 Å². The van der Waals surface area contributed by atoms with E-state index in [1.807, 2.05) is 12.2 Å². The first-order valence-corrected chi connectivity index (χ1v) is 10.6. The third-order valence-corrected chi connectivity index (χ3v) is 5.05. The predicted molar refractivity (Wildman–Crippen MR) is 112 cm³/mol. The molecule has 0 saturated heterocycles. The van der Waals surface area contributed by atoms with Gasteiger partial charge in [-0.25, -0.2) is 4.79 Å². The predicted octanol–water partition coefficient (Wildman–Crippen LogP) is 2.82. The van der Waals surface area contributed by atoms with E-state index in [1.54, 1.807) is 20.8 Å². The summed E-state index contributed by atoms with van der Waals surface area (Å²) in [6, 6.07) is -0.448. The zero-order valence-electron chi connectivity index (χ0n) is 17.8. The number of carbonyl (C=O) groups excluding carboxylic acids is 3. The Bertz CT molecular complexity index is 596. The largest absolute Gasteiger partial charge is 0.444 e. The molecule has 2 aliphatic rings. The average Bonchev–Trinajstić information content (AvgIpc) is 2.69. The lowest BCUT2D eigenvalue weighted by Crippen LogP contribution is -2.52. The summed E-state index contributed by atoms with van der Waals surface area (Å²) in [6.45, 7) is 5.85. The molecule has 2 unspecified atom stereocenters. The van der Waals surface area contributed by atoms with E-state index in [9.17, 15) is 14.4 Å². The molecule has 7 heteroatoms. The minimum Gasteiger partial charge on any atom is -0.444 e. The van der Waals surface area contributed by atoms with Crippen LogP contribution in [0.1, 0.15) is 59.3 Å². The smallest absolute Gasteiger partial charge is 0.407 e. The number of ether oxygens (including phenoxy) is 1. The minimum absolute atomic E-state index is 0.0194. The van der Waals surface area contributed by atoms with Crippen molar-refractivity contribution in [1.29, 1.82) is 0 Å². The lowest BCUT2D eigenvalue weighted by atomic mass is 9.93. The maximum Gasteiger partial charge on any atom is 0.407 e. The maximum absolute atomic E-state index is 12.4. The minimum atomic E-state index is -0.621. The second-order valence-electron chi connectivity index (χ2n) is 8.80. The standard InChI is InChI=1S/C22H35N3O4/c1-22(2,3)29-21(28)25-18(14-23-19(26)16-10-6-4-7-11-16)15-24-20(27)17-12-8-5-9-13-17/h4-6,8,16-18H,7,9-15H2,1-3H3,(H,23,26)(H,24,27)(H,25,28). The molecule has 2 rings (SSSR count). The van der Waals surface area contributed by atoms with Crippen LogP contribution >= 0.6 is 0 Å². The van der Waals surface area contributed by atoms with Gasteiger partial charge in [0.15, 0.2) is 0 Å². The number of allylic oxidation sites excluding steroid dienone is 4. The molecule has 0 spiro atoms. The van der Waals surface area contributed by atoms with Crippen LogP contribution in [0.4, 0.5) is 4.79 Å². The van der Waals surface area contributed by atoms with Gasteiger partial charge in [-0.1, -0.05) is 24.3 Å². The summed E-state index contributed by atoms with van der Waals surface area (Å²) in [5.41, 5.74) is -0.621. The molecular weight excluding hydrogens is 370 g/mol. The molecule has 0 heterocycles. The Morgan fingerprint density at radius 1 is 0.897 bits per heavy atom. The van der Waals surface area contributed by atoms with E-state index >= 15 is 0 Å². The van der Waals surface area contributed by atoms with Crippen molar-refractivity contribution in [2.24, 2.45) is 11.8 Å². The van der Waals surface area contributed by atoms with Crippen LogP contribution in [0.25, 0.3) is 0 Å². The Balaban J connectivity index is 1.88. The van der Waals surface area contributed by atoms with Gasteiger partial charge >= 0.3 is 6.09 Å². The molecule has 7 nitrogen and oxygen atoms in total.